The molecule has 0 aromatic heterocycles. The molecule has 0 saturated heterocycles. The Morgan fingerprint density at radius 1 is 0.955 bits per heavy atom. The summed E-state index contributed by atoms with van der Waals surface area (Å²) >= 11 is 0. The summed E-state index contributed by atoms with van der Waals surface area (Å²) in [5.41, 5.74) is 4.01. The second kappa shape index (κ2) is 8.57. The Bertz CT molecular complexity index is 591. The van der Waals surface area contributed by atoms with Crippen molar-refractivity contribution in [3.63, 3.8) is 0 Å². The Morgan fingerprint density at radius 2 is 1.41 bits per heavy atom. The normalized spacial score (nSPS) is 10.3. The Balaban J connectivity index is 0.00000242. The first kappa shape index (κ1) is 18.2. The molecule has 22 heavy (non-hydrogen) atoms. The average Bonchev–Trinajstić information content (AvgIpc) is 2.48. The Kier molecular flexibility index (Phi) is 7.09. The minimum Gasteiger partial charge on any atom is -0.478 e. The van der Waals surface area contributed by atoms with Gasteiger partial charge in [-0.1, -0.05) is 50.2 Å². The number of hydrogen-bond donors (Lipinski definition) is 2. The minimum atomic E-state index is -0.889. The first-order valence-corrected chi connectivity index (χ1v) is 7.18. The first-order chi connectivity index (χ1) is 10.1. The van der Waals surface area contributed by atoms with Gasteiger partial charge < -0.3 is 10.4 Å². The van der Waals surface area contributed by atoms with Gasteiger partial charge in [0.2, 0.25) is 0 Å². The number of halogens is 1. The summed E-state index contributed by atoms with van der Waals surface area (Å²) in [7, 11) is 0. The highest BCUT2D eigenvalue weighted by Crippen LogP contribution is 2.14. The van der Waals surface area contributed by atoms with Crippen LogP contribution in [0.5, 0.6) is 0 Å². The minimum absolute atomic E-state index is 0. The van der Waals surface area contributed by atoms with E-state index in [4.69, 9.17) is 5.11 Å². The Morgan fingerprint density at radius 3 is 1.82 bits per heavy atom. The van der Waals surface area contributed by atoms with E-state index in [-0.39, 0.29) is 12.4 Å². The Labute approximate surface area is 137 Å². The molecule has 0 bridgehead atoms. The molecule has 0 aliphatic rings. The van der Waals surface area contributed by atoms with E-state index in [1.54, 1.807) is 12.1 Å². The van der Waals surface area contributed by atoms with Gasteiger partial charge in [0.05, 0.1) is 5.56 Å². The van der Waals surface area contributed by atoms with E-state index >= 15 is 0 Å². The molecule has 0 radical (unpaired) electrons. The molecular formula is C18H22ClNO2. The molecule has 2 aromatic rings. The van der Waals surface area contributed by atoms with Crippen molar-refractivity contribution in [2.75, 3.05) is 0 Å². The predicted octanol–water partition coefficient (Wildman–Crippen LogP) is 4.22. The summed E-state index contributed by atoms with van der Waals surface area (Å²) in [5.74, 6) is -0.334. The number of hydrogen-bond acceptors (Lipinski definition) is 2. The van der Waals surface area contributed by atoms with Crippen LogP contribution in [0.3, 0.4) is 0 Å². The highest BCUT2D eigenvalue weighted by Gasteiger charge is 2.02. The first-order valence-electron chi connectivity index (χ1n) is 7.18. The van der Waals surface area contributed by atoms with E-state index in [0.29, 0.717) is 11.5 Å². The summed E-state index contributed by atoms with van der Waals surface area (Å²) in [4.78, 5) is 10.8. The van der Waals surface area contributed by atoms with E-state index in [1.807, 2.05) is 12.1 Å². The fourth-order valence-electron chi connectivity index (χ4n) is 2.14. The second-order valence-electron chi connectivity index (χ2n) is 5.50. The van der Waals surface area contributed by atoms with Gasteiger partial charge in [-0.15, -0.1) is 12.4 Å². The van der Waals surface area contributed by atoms with Gasteiger partial charge in [-0.25, -0.2) is 4.79 Å². The van der Waals surface area contributed by atoms with Crippen molar-refractivity contribution in [2.24, 2.45) is 0 Å². The third-order valence-electron chi connectivity index (χ3n) is 3.51. The zero-order valence-corrected chi connectivity index (χ0v) is 13.7. The molecule has 0 aliphatic heterocycles. The lowest BCUT2D eigenvalue weighted by atomic mass is 10.0. The van der Waals surface area contributed by atoms with Crippen LogP contribution in [0.1, 0.15) is 46.8 Å². The van der Waals surface area contributed by atoms with Crippen LogP contribution in [0, 0.1) is 0 Å². The lowest BCUT2D eigenvalue weighted by Crippen LogP contribution is -2.12. The van der Waals surface area contributed by atoms with Gasteiger partial charge in [0, 0.05) is 13.1 Å². The van der Waals surface area contributed by atoms with E-state index < -0.39 is 5.97 Å². The van der Waals surface area contributed by atoms with Gasteiger partial charge in [0.1, 0.15) is 0 Å². The van der Waals surface area contributed by atoms with Gasteiger partial charge >= 0.3 is 5.97 Å². The lowest BCUT2D eigenvalue weighted by Gasteiger charge is -2.08. The van der Waals surface area contributed by atoms with Crippen molar-refractivity contribution in [3.8, 4) is 0 Å². The summed E-state index contributed by atoms with van der Waals surface area (Å²) in [6.07, 6.45) is 0. The van der Waals surface area contributed by atoms with Gasteiger partial charge in [-0.3, -0.25) is 0 Å². The molecule has 118 valence electrons. The largest absolute Gasteiger partial charge is 0.478 e. The molecule has 0 heterocycles. The molecule has 3 nitrogen and oxygen atoms in total. The number of aromatic carboxylic acids is 1. The molecule has 0 atom stereocenters. The molecule has 0 fully saturated rings. The third kappa shape index (κ3) is 5.17. The standard InChI is InChI=1S/C18H21NO2.ClH/c1-13(2)16-7-3-14(4-8-16)11-19-12-15-5-9-17(10-6-15)18(20)21;/h3-10,13,19H,11-12H2,1-2H3,(H,20,21);1H. The van der Waals surface area contributed by atoms with E-state index in [1.165, 1.54) is 11.1 Å². The highest BCUT2D eigenvalue weighted by atomic mass is 35.5. The van der Waals surface area contributed by atoms with Crippen LogP contribution in [0.15, 0.2) is 48.5 Å². The number of carbonyl (C=O) groups is 1. The summed E-state index contributed by atoms with van der Waals surface area (Å²) in [6, 6.07) is 15.6. The number of benzene rings is 2. The fourth-order valence-corrected chi connectivity index (χ4v) is 2.14. The quantitative estimate of drug-likeness (QED) is 0.838. The van der Waals surface area contributed by atoms with Crippen molar-refractivity contribution in [1.82, 2.24) is 5.32 Å². The molecule has 0 amide bonds. The molecule has 2 aromatic carbocycles. The summed E-state index contributed by atoms with van der Waals surface area (Å²) in [5, 5.41) is 12.2. The molecule has 4 heteroatoms. The topological polar surface area (TPSA) is 49.3 Å². The molecule has 0 aliphatic carbocycles. The van der Waals surface area contributed by atoms with Gasteiger partial charge in [0.15, 0.2) is 0 Å². The Hall–Kier alpha value is -1.84. The average molecular weight is 320 g/mol. The van der Waals surface area contributed by atoms with Gasteiger partial charge in [-0.05, 0) is 34.7 Å². The second-order valence-corrected chi connectivity index (χ2v) is 5.50. The van der Waals surface area contributed by atoms with Crippen molar-refractivity contribution < 1.29 is 9.90 Å². The summed E-state index contributed by atoms with van der Waals surface area (Å²) in [6.45, 7) is 5.91. The van der Waals surface area contributed by atoms with Crippen molar-refractivity contribution in [1.29, 1.82) is 0 Å². The maximum absolute atomic E-state index is 10.8. The molecule has 0 unspecified atom stereocenters. The molecule has 2 rings (SSSR count). The number of carboxylic acid groups (broad SMARTS) is 1. The monoisotopic (exact) mass is 319 g/mol. The van der Waals surface area contributed by atoms with Crippen LogP contribution in [-0.2, 0) is 13.1 Å². The third-order valence-corrected chi connectivity index (χ3v) is 3.51. The van der Waals surface area contributed by atoms with Crippen LogP contribution in [-0.4, -0.2) is 11.1 Å². The highest BCUT2D eigenvalue weighted by molar-refractivity contribution is 5.87. The smallest absolute Gasteiger partial charge is 0.335 e. The van der Waals surface area contributed by atoms with E-state index in [9.17, 15) is 4.79 Å². The molecular weight excluding hydrogens is 298 g/mol. The van der Waals surface area contributed by atoms with Crippen molar-refractivity contribution in [2.45, 2.75) is 32.9 Å². The van der Waals surface area contributed by atoms with Crippen LogP contribution >= 0.6 is 12.4 Å². The SMILES string of the molecule is CC(C)c1ccc(CNCc2ccc(C(=O)O)cc2)cc1.Cl. The predicted molar refractivity (Wildman–Crippen MR) is 91.7 cm³/mol. The molecule has 2 N–H and O–H groups in total. The van der Waals surface area contributed by atoms with Gasteiger partial charge in [0.25, 0.3) is 0 Å². The summed E-state index contributed by atoms with van der Waals surface area (Å²) < 4.78 is 0. The number of carboxylic acids is 1. The zero-order valence-electron chi connectivity index (χ0n) is 12.9. The lowest BCUT2D eigenvalue weighted by molar-refractivity contribution is 0.0697. The molecule has 0 saturated carbocycles. The number of rotatable bonds is 6. The van der Waals surface area contributed by atoms with Crippen LogP contribution in [0.25, 0.3) is 0 Å². The van der Waals surface area contributed by atoms with Gasteiger partial charge in [-0.2, -0.15) is 0 Å². The van der Waals surface area contributed by atoms with Crippen molar-refractivity contribution in [3.05, 3.63) is 70.8 Å². The van der Waals surface area contributed by atoms with Crippen molar-refractivity contribution >= 4 is 18.4 Å². The maximum atomic E-state index is 10.8. The van der Waals surface area contributed by atoms with Crippen LogP contribution in [0.2, 0.25) is 0 Å². The fraction of sp³-hybridized carbons (Fsp3) is 0.278. The van der Waals surface area contributed by atoms with E-state index in [2.05, 4.69) is 43.4 Å². The van der Waals surface area contributed by atoms with E-state index in [0.717, 1.165) is 18.7 Å². The maximum Gasteiger partial charge on any atom is 0.335 e. The zero-order chi connectivity index (χ0) is 15.2. The van der Waals surface area contributed by atoms with Crippen LogP contribution in [0.4, 0.5) is 0 Å². The van der Waals surface area contributed by atoms with Crippen LogP contribution < -0.4 is 5.32 Å². The molecule has 0 spiro atoms. The number of nitrogens with one attached hydrogen (secondary N) is 1.